The van der Waals surface area contributed by atoms with Gasteiger partial charge >= 0.3 is 6.03 Å². The molecule has 1 fully saturated rings. The van der Waals surface area contributed by atoms with Crippen molar-refractivity contribution in [3.8, 4) is 0 Å². The monoisotopic (exact) mass is 352 g/mol. The summed E-state index contributed by atoms with van der Waals surface area (Å²) in [7, 11) is 0. The normalized spacial score (nSPS) is 17.6. The SMILES string of the molecule is CCC(C)c1ccc(N2C(=O)NC(=O)/C(=C/c3ccc(C)o3)C2=O)cc1. The lowest BCUT2D eigenvalue weighted by atomic mass is 9.98. The average molecular weight is 352 g/mol. The molecule has 6 heteroatoms. The first-order valence-corrected chi connectivity index (χ1v) is 8.48. The summed E-state index contributed by atoms with van der Waals surface area (Å²) in [5, 5.41) is 2.20. The number of nitrogens with zero attached hydrogens (tertiary/aromatic N) is 1. The maximum absolute atomic E-state index is 12.8. The van der Waals surface area contributed by atoms with Gasteiger partial charge in [0.25, 0.3) is 11.8 Å². The third kappa shape index (κ3) is 3.31. The molecule has 1 aromatic heterocycles. The number of rotatable bonds is 4. The van der Waals surface area contributed by atoms with E-state index in [0.717, 1.165) is 16.9 Å². The summed E-state index contributed by atoms with van der Waals surface area (Å²) in [6.07, 6.45) is 2.34. The largest absolute Gasteiger partial charge is 0.462 e. The van der Waals surface area contributed by atoms with Crippen molar-refractivity contribution in [3.63, 3.8) is 0 Å². The number of barbiturate groups is 1. The minimum atomic E-state index is -0.760. The van der Waals surface area contributed by atoms with E-state index in [4.69, 9.17) is 4.42 Å². The zero-order valence-corrected chi connectivity index (χ0v) is 14.9. The summed E-state index contributed by atoms with van der Waals surface area (Å²) in [5.41, 5.74) is 1.39. The van der Waals surface area contributed by atoms with E-state index in [9.17, 15) is 14.4 Å². The van der Waals surface area contributed by atoms with E-state index in [0.29, 0.717) is 23.1 Å². The lowest BCUT2D eigenvalue weighted by molar-refractivity contribution is -0.122. The molecule has 1 aliphatic heterocycles. The van der Waals surface area contributed by atoms with Gasteiger partial charge in [-0.2, -0.15) is 0 Å². The van der Waals surface area contributed by atoms with Crippen LogP contribution in [0.25, 0.3) is 6.08 Å². The van der Waals surface area contributed by atoms with Crippen LogP contribution in [0, 0.1) is 6.92 Å². The van der Waals surface area contributed by atoms with Crippen LogP contribution in [0.15, 0.2) is 46.4 Å². The van der Waals surface area contributed by atoms with Gasteiger partial charge in [0.2, 0.25) is 0 Å². The fourth-order valence-electron chi connectivity index (χ4n) is 2.75. The van der Waals surface area contributed by atoms with E-state index in [1.54, 1.807) is 31.2 Å². The van der Waals surface area contributed by atoms with E-state index >= 15 is 0 Å². The van der Waals surface area contributed by atoms with Crippen LogP contribution in [0.1, 0.15) is 43.3 Å². The molecular weight excluding hydrogens is 332 g/mol. The molecule has 2 heterocycles. The summed E-state index contributed by atoms with van der Waals surface area (Å²) in [4.78, 5) is 38.0. The summed E-state index contributed by atoms with van der Waals surface area (Å²) in [6, 6.07) is 9.83. The van der Waals surface area contributed by atoms with Gasteiger partial charge < -0.3 is 4.42 Å². The summed E-state index contributed by atoms with van der Waals surface area (Å²) in [6.45, 7) is 5.97. The van der Waals surface area contributed by atoms with Gasteiger partial charge in [-0.05, 0) is 55.2 Å². The van der Waals surface area contributed by atoms with Crippen LogP contribution < -0.4 is 10.2 Å². The molecule has 6 nitrogen and oxygen atoms in total. The Morgan fingerprint density at radius 2 is 1.81 bits per heavy atom. The lowest BCUT2D eigenvalue weighted by Crippen LogP contribution is -2.54. The number of aryl methyl sites for hydroxylation is 1. The Hall–Kier alpha value is -3.15. The Morgan fingerprint density at radius 1 is 1.12 bits per heavy atom. The zero-order valence-electron chi connectivity index (χ0n) is 14.9. The first kappa shape index (κ1) is 17.7. The van der Waals surface area contributed by atoms with E-state index < -0.39 is 17.8 Å². The van der Waals surface area contributed by atoms with Gasteiger partial charge in [-0.25, -0.2) is 9.69 Å². The van der Waals surface area contributed by atoms with E-state index in [1.165, 1.54) is 6.08 Å². The fraction of sp³-hybridized carbons (Fsp3) is 0.250. The molecule has 0 radical (unpaired) electrons. The highest BCUT2D eigenvalue weighted by atomic mass is 16.3. The Morgan fingerprint density at radius 3 is 2.38 bits per heavy atom. The van der Waals surface area contributed by atoms with Crippen molar-refractivity contribution < 1.29 is 18.8 Å². The molecule has 4 amide bonds. The van der Waals surface area contributed by atoms with Crippen LogP contribution in [-0.2, 0) is 9.59 Å². The van der Waals surface area contributed by atoms with Crippen LogP contribution in [-0.4, -0.2) is 17.8 Å². The minimum absolute atomic E-state index is 0.148. The van der Waals surface area contributed by atoms with E-state index in [2.05, 4.69) is 19.2 Å². The Kier molecular flexibility index (Phi) is 4.75. The van der Waals surface area contributed by atoms with E-state index in [1.807, 2.05) is 12.1 Å². The highest BCUT2D eigenvalue weighted by molar-refractivity contribution is 6.39. The summed E-state index contributed by atoms with van der Waals surface area (Å²) < 4.78 is 5.39. The third-order valence-corrected chi connectivity index (χ3v) is 4.48. The van der Waals surface area contributed by atoms with Crippen molar-refractivity contribution in [1.29, 1.82) is 0 Å². The average Bonchev–Trinajstić information content (AvgIpc) is 3.03. The quantitative estimate of drug-likeness (QED) is 0.671. The van der Waals surface area contributed by atoms with Gasteiger partial charge in [0.1, 0.15) is 17.1 Å². The van der Waals surface area contributed by atoms with Crippen molar-refractivity contribution in [2.75, 3.05) is 4.90 Å². The van der Waals surface area contributed by atoms with Crippen LogP contribution in [0.2, 0.25) is 0 Å². The molecule has 1 unspecified atom stereocenters. The molecule has 1 aromatic carbocycles. The first-order valence-electron chi connectivity index (χ1n) is 8.48. The number of nitrogens with one attached hydrogen (secondary N) is 1. The van der Waals surface area contributed by atoms with Gasteiger partial charge in [-0.15, -0.1) is 0 Å². The third-order valence-electron chi connectivity index (χ3n) is 4.48. The smallest absolute Gasteiger partial charge is 0.335 e. The predicted octanol–water partition coefficient (Wildman–Crippen LogP) is 3.77. The van der Waals surface area contributed by atoms with Crippen LogP contribution in [0.5, 0.6) is 0 Å². The molecule has 3 rings (SSSR count). The van der Waals surface area contributed by atoms with Gasteiger partial charge in [0.15, 0.2) is 0 Å². The van der Waals surface area contributed by atoms with Crippen molar-refractivity contribution >= 4 is 29.6 Å². The number of amides is 4. The molecule has 0 spiro atoms. The summed E-state index contributed by atoms with van der Waals surface area (Å²) >= 11 is 0. The van der Waals surface area contributed by atoms with Crippen molar-refractivity contribution in [2.24, 2.45) is 0 Å². The molecule has 134 valence electrons. The lowest BCUT2D eigenvalue weighted by Gasteiger charge is -2.26. The second-order valence-corrected chi connectivity index (χ2v) is 6.31. The molecule has 2 aromatic rings. The Balaban J connectivity index is 1.94. The Bertz CT molecular complexity index is 893. The second kappa shape index (κ2) is 7.00. The number of imide groups is 2. The van der Waals surface area contributed by atoms with Crippen molar-refractivity contribution in [1.82, 2.24) is 5.32 Å². The number of carbonyl (C=O) groups is 3. The first-order chi connectivity index (χ1) is 12.4. The predicted molar refractivity (Wildman–Crippen MR) is 97.6 cm³/mol. The number of anilines is 1. The standard InChI is InChI=1S/C20H20N2O4/c1-4-12(2)14-6-8-15(9-7-14)22-19(24)17(18(23)21-20(22)25)11-16-10-5-13(3)26-16/h5-12H,4H2,1-3H3,(H,21,23,25)/b17-11-. The summed E-state index contributed by atoms with van der Waals surface area (Å²) in [5.74, 6) is 0.0104. The number of carbonyl (C=O) groups excluding carboxylic acids is 3. The van der Waals surface area contributed by atoms with Gasteiger partial charge in [0, 0.05) is 0 Å². The minimum Gasteiger partial charge on any atom is -0.462 e. The number of hydrogen-bond donors (Lipinski definition) is 1. The Labute approximate surface area is 151 Å². The van der Waals surface area contributed by atoms with Crippen molar-refractivity contribution in [3.05, 3.63) is 59.1 Å². The highest BCUT2D eigenvalue weighted by Crippen LogP contribution is 2.25. The van der Waals surface area contributed by atoms with Crippen LogP contribution >= 0.6 is 0 Å². The van der Waals surface area contributed by atoms with Gasteiger partial charge in [-0.3, -0.25) is 14.9 Å². The molecule has 26 heavy (non-hydrogen) atoms. The molecule has 0 aliphatic carbocycles. The molecule has 0 bridgehead atoms. The molecular formula is C20H20N2O4. The zero-order chi connectivity index (χ0) is 18.8. The molecule has 1 atom stereocenters. The topological polar surface area (TPSA) is 79.6 Å². The number of hydrogen-bond acceptors (Lipinski definition) is 4. The van der Waals surface area contributed by atoms with Crippen LogP contribution in [0.3, 0.4) is 0 Å². The number of furan rings is 1. The second-order valence-electron chi connectivity index (χ2n) is 6.31. The molecule has 1 saturated heterocycles. The van der Waals surface area contributed by atoms with E-state index in [-0.39, 0.29) is 5.57 Å². The van der Waals surface area contributed by atoms with Crippen molar-refractivity contribution in [2.45, 2.75) is 33.1 Å². The maximum atomic E-state index is 12.8. The van der Waals surface area contributed by atoms with Crippen LogP contribution in [0.4, 0.5) is 10.5 Å². The maximum Gasteiger partial charge on any atom is 0.335 e. The fourth-order valence-corrected chi connectivity index (χ4v) is 2.75. The number of urea groups is 1. The molecule has 0 saturated carbocycles. The van der Waals surface area contributed by atoms with Gasteiger partial charge in [-0.1, -0.05) is 26.0 Å². The number of benzene rings is 1. The molecule has 1 aliphatic rings. The molecule has 1 N–H and O–H groups in total. The highest BCUT2D eigenvalue weighted by Gasteiger charge is 2.37. The van der Waals surface area contributed by atoms with Gasteiger partial charge in [0.05, 0.1) is 5.69 Å².